The van der Waals surface area contributed by atoms with Crippen molar-refractivity contribution in [1.82, 2.24) is 0 Å². The highest BCUT2D eigenvalue weighted by atomic mass is 31.2. The molecule has 0 bridgehead atoms. The average molecular weight is 1420 g/mol. The van der Waals surface area contributed by atoms with E-state index in [4.69, 9.17) is 37.0 Å². The molecule has 0 rings (SSSR count). The Morgan fingerprint density at radius 1 is 0.296 bits per heavy atom. The summed E-state index contributed by atoms with van der Waals surface area (Å²) in [6.45, 7) is 4.50. The Morgan fingerprint density at radius 2 is 0.551 bits per heavy atom. The number of ether oxygens (including phenoxy) is 4. The second-order valence-corrected chi connectivity index (χ2v) is 27.7. The van der Waals surface area contributed by atoms with Crippen molar-refractivity contribution in [2.24, 2.45) is 0 Å². The summed E-state index contributed by atoms with van der Waals surface area (Å²) in [6.07, 6.45) is 76.3. The van der Waals surface area contributed by atoms with Gasteiger partial charge >= 0.3 is 39.5 Å². The molecule has 0 radical (unpaired) electrons. The Labute approximate surface area is 593 Å². The number of hydrogen-bond acceptors (Lipinski definition) is 15. The molecule has 0 aromatic rings. The lowest BCUT2D eigenvalue weighted by Gasteiger charge is -2.21. The number of hydrogen-bond donors (Lipinski definition) is 3. The van der Waals surface area contributed by atoms with E-state index in [1.54, 1.807) is 0 Å². The number of aliphatic hydroxyl groups is 1. The zero-order valence-electron chi connectivity index (χ0n) is 61.2. The third kappa shape index (κ3) is 69.9. The van der Waals surface area contributed by atoms with Crippen LogP contribution in [0.15, 0.2) is 122 Å². The van der Waals surface area contributed by atoms with E-state index < -0.39 is 97.5 Å². The normalized spacial score (nSPS) is 14.6. The standard InChI is InChI=1S/C79H134O17P2/c1-5-9-13-17-21-25-29-32-34-36-38-41-45-48-52-56-60-64-77(82)90-70-75(96-79(84)66-62-58-54-50-46-42-39-37-35-33-30-26-22-18-14-10-6-2)72-94-98(87,88)92-68-73(80)67-91-97(85,86)93-71-74(95-78(83)65-61-57-53-49-43-28-24-20-16-12-8-4)69-89-76(81)63-59-55-51-47-44-40-31-27-23-19-15-11-7-3/h9-10,13-14,20-22,24-27,31-35,38,41,48,52,73-75,80H,5-8,11-12,15-19,23,28-30,36-37,39-40,42-47,49-51,53-72H2,1-4H3,(H,85,86)(H,87,88)/b13-9-,14-10-,24-20-,25-21-,26-22-,31-27-,34-32-,35-33-,41-38-,52-48-. The number of rotatable bonds is 70. The van der Waals surface area contributed by atoms with E-state index in [9.17, 15) is 43.2 Å². The summed E-state index contributed by atoms with van der Waals surface area (Å²) in [6, 6.07) is 0. The lowest BCUT2D eigenvalue weighted by atomic mass is 10.1. The van der Waals surface area contributed by atoms with Crippen LogP contribution in [0.1, 0.15) is 297 Å². The maximum Gasteiger partial charge on any atom is 0.472 e. The summed E-state index contributed by atoms with van der Waals surface area (Å²) in [5, 5.41) is 10.6. The van der Waals surface area contributed by atoms with Crippen molar-refractivity contribution in [3.63, 3.8) is 0 Å². The quantitative estimate of drug-likeness (QED) is 0.0169. The van der Waals surface area contributed by atoms with Crippen LogP contribution in [0.4, 0.5) is 0 Å². The summed E-state index contributed by atoms with van der Waals surface area (Å²) in [5.74, 6) is -2.27. The van der Waals surface area contributed by atoms with Crippen molar-refractivity contribution in [3.8, 4) is 0 Å². The summed E-state index contributed by atoms with van der Waals surface area (Å²) in [4.78, 5) is 72.8. The Balaban J connectivity index is 5.40. The molecule has 0 aliphatic rings. The largest absolute Gasteiger partial charge is 0.472 e. The van der Waals surface area contributed by atoms with Gasteiger partial charge in [-0.1, -0.05) is 252 Å². The van der Waals surface area contributed by atoms with Crippen LogP contribution in [0, 0.1) is 0 Å². The van der Waals surface area contributed by atoms with Gasteiger partial charge in [0.25, 0.3) is 0 Å². The predicted molar refractivity (Wildman–Crippen MR) is 399 cm³/mol. The van der Waals surface area contributed by atoms with Crippen LogP contribution >= 0.6 is 15.6 Å². The number of carbonyl (C=O) groups is 4. The Bertz CT molecular complexity index is 2340. The molecule has 98 heavy (non-hydrogen) atoms. The number of allylic oxidation sites excluding steroid dienone is 20. The summed E-state index contributed by atoms with van der Waals surface area (Å²) < 4.78 is 68.3. The van der Waals surface area contributed by atoms with Gasteiger partial charge in [-0.05, 0) is 141 Å². The van der Waals surface area contributed by atoms with E-state index in [1.807, 2.05) is 12.2 Å². The smallest absolute Gasteiger partial charge is 0.462 e. The van der Waals surface area contributed by atoms with Crippen molar-refractivity contribution < 1.29 is 80.2 Å². The first-order chi connectivity index (χ1) is 47.7. The van der Waals surface area contributed by atoms with Gasteiger partial charge in [-0.15, -0.1) is 0 Å². The van der Waals surface area contributed by atoms with Crippen molar-refractivity contribution in [1.29, 1.82) is 0 Å². The van der Waals surface area contributed by atoms with Crippen molar-refractivity contribution in [2.75, 3.05) is 39.6 Å². The Hall–Kier alpha value is -4.54. The van der Waals surface area contributed by atoms with Gasteiger partial charge < -0.3 is 33.8 Å². The Morgan fingerprint density at radius 3 is 0.898 bits per heavy atom. The van der Waals surface area contributed by atoms with Gasteiger partial charge in [0.05, 0.1) is 26.4 Å². The van der Waals surface area contributed by atoms with Crippen LogP contribution in [0.3, 0.4) is 0 Å². The van der Waals surface area contributed by atoms with Crippen LogP contribution < -0.4 is 0 Å². The molecule has 0 fully saturated rings. The molecule has 19 heteroatoms. The highest BCUT2D eigenvalue weighted by Gasteiger charge is 2.30. The molecule has 17 nitrogen and oxygen atoms in total. The fraction of sp³-hybridized carbons (Fsp3) is 0.696. The van der Waals surface area contributed by atoms with E-state index in [-0.39, 0.29) is 25.7 Å². The predicted octanol–water partition coefficient (Wildman–Crippen LogP) is 21.6. The zero-order chi connectivity index (χ0) is 71.8. The minimum atomic E-state index is -4.99. The molecule has 5 unspecified atom stereocenters. The van der Waals surface area contributed by atoms with Crippen LogP contribution in [0.25, 0.3) is 0 Å². The molecule has 0 aromatic carbocycles. The molecule has 0 spiro atoms. The Kier molecular flexibility index (Phi) is 67.6. The summed E-state index contributed by atoms with van der Waals surface area (Å²) in [5.41, 5.74) is 0. The average Bonchev–Trinajstić information content (AvgIpc) is 0.980. The summed E-state index contributed by atoms with van der Waals surface area (Å²) in [7, 11) is -9.97. The number of esters is 4. The minimum Gasteiger partial charge on any atom is -0.462 e. The fourth-order valence-corrected chi connectivity index (χ4v) is 11.2. The second kappa shape index (κ2) is 70.9. The number of phosphoric acid groups is 2. The molecule has 0 aliphatic carbocycles. The summed E-state index contributed by atoms with van der Waals surface area (Å²) >= 11 is 0. The van der Waals surface area contributed by atoms with E-state index >= 15 is 0 Å². The third-order valence-corrected chi connectivity index (χ3v) is 17.3. The van der Waals surface area contributed by atoms with E-state index in [1.165, 1.54) is 38.5 Å². The van der Waals surface area contributed by atoms with Crippen LogP contribution in [0.5, 0.6) is 0 Å². The van der Waals surface area contributed by atoms with Crippen molar-refractivity contribution in [3.05, 3.63) is 122 Å². The topological polar surface area (TPSA) is 237 Å². The molecule has 0 amide bonds. The van der Waals surface area contributed by atoms with Gasteiger partial charge in [-0.2, -0.15) is 0 Å². The van der Waals surface area contributed by atoms with Crippen LogP contribution in [0.2, 0.25) is 0 Å². The fourth-order valence-electron chi connectivity index (χ4n) is 9.66. The van der Waals surface area contributed by atoms with Crippen molar-refractivity contribution in [2.45, 2.75) is 316 Å². The minimum absolute atomic E-state index is 0.0687. The molecule has 5 atom stereocenters. The SMILES string of the molecule is CC/C=C\C/C=C\C/C=C\C/C=C\C/C=C\CCCC(=O)OCC(COP(=O)(O)OCC(O)COP(=O)(O)OCC(COC(=O)CCCCCCC/C=C\CCCCCC)OC(=O)CCCCCCC/C=C\CCCC)OC(=O)CCCCCCCCC/C=C\C/C=C\C/C=C\CC. The molecule has 3 N–H and O–H groups in total. The van der Waals surface area contributed by atoms with E-state index in [0.717, 1.165) is 173 Å². The van der Waals surface area contributed by atoms with Crippen molar-refractivity contribution >= 4 is 39.5 Å². The van der Waals surface area contributed by atoms with E-state index in [2.05, 4.69) is 137 Å². The van der Waals surface area contributed by atoms with Gasteiger partial charge in [-0.25, -0.2) is 9.13 Å². The first-order valence-corrected chi connectivity index (χ1v) is 40.8. The lowest BCUT2D eigenvalue weighted by molar-refractivity contribution is -0.161. The zero-order valence-corrected chi connectivity index (χ0v) is 63.0. The molecule has 0 saturated carbocycles. The lowest BCUT2D eigenvalue weighted by Crippen LogP contribution is -2.30. The van der Waals surface area contributed by atoms with Crippen LogP contribution in [-0.2, 0) is 65.4 Å². The number of unbranched alkanes of at least 4 members (excludes halogenated alkanes) is 24. The number of aliphatic hydroxyl groups excluding tert-OH is 1. The number of carbonyl (C=O) groups excluding carboxylic acids is 4. The van der Waals surface area contributed by atoms with Gasteiger partial charge in [0.2, 0.25) is 0 Å². The first-order valence-electron chi connectivity index (χ1n) is 37.8. The van der Waals surface area contributed by atoms with Gasteiger partial charge in [0.15, 0.2) is 12.2 Å². The van der Waals surface area contributed by atoms with Gasteiger partial charge in [0, 0.05) is 25.7 Å². The molecule has 0 aliphatic heterocycles. The van der Waals surface area contributed by atoms with Crippen LogP contribution in [-0.4, -0.2) is 96.7 Å². The molecular formula is C79H134O17P2. The first kappa shape index (κ1) is 93.5. The van der Waals surface area contributed by atoms with E-state index in [0.29, 0.717) is 32.1 Å². The molecular weight excluding hydrogens is 1280 g/mol. The molecule has 562 valence electrons. The monoisotopic (exact) mass is 1420 g/mol. The van der Waals surface area contributed by atoms with Gasteiger partial charge in [-0.3, -0.25) is 37.3 Å². The van der Waals surface area contributed by atoms with Gasteiger partial charge in [0.1, 0.15) is 19.3 Å². The second-order valence-electron chi connectivity index (χ2n) is 24.8. The maximum atomic E-state index is 13.1. The number of phosphoric ester groups is 2. The highest BCUT2D eigenvalue weighted by Crippen LogP contribution is 2.45. The molecule has 0 heterocycles. The maximum absolute atomic E-state index is 13.1. The highest BCUT2D eigenvalue weighted by molar-refractivity contribution is 7.47. The third-order valence-electron chi connectivity index (χ3n) is 15.4. The molecule has 0 saturated heterocycles. The molecule has 0 aromatic heterocycles.